The molecule has 2 aliphatic rings. The average molecular weight is 329 g/mol. The van der Waals surface area contributed by atoms with E-state index in [1.54, 1.807) is 12.3 Å². The Labute approximate surface area is 136 Å². The molecule has 116 valence electrons. The van der Waals surface area contributed by atoms with Gasteiger partial charge in [0.2, 0.25) is 0 Å². The average Bonchev–Trinajstić information content (AvgIpc) is 2.49. The maximum atomic E-state index is 6.25. The quantitative estimate of drug-likeness (QED) is 0.923. The second kappa shape index (κ2) is 7.14. The van der Waals surface area contributed by atoms with Crippen molar-refractivity contribution in [2.45, 2.75) is 12.8 Å². The summed E-state index contributed by atoms with van der Waals surface area (Å²) in [5, 5.41) is 4.67. The van der Waals surface area contributed by atoms with E-state index in [0.717, 1.165) is 37.9 Å². The van der Waals surface area contributed by atoms with E-state index in [4.69, 9.17) is 23.2 Å². The minimum atomic E-state index is 0.591. The number of piperidine rings is 1. The standard InChI is InChI=1S/C15H22Cl2N4/c16-13-9-14(17)15(19-10-13)21-7-5-20(6-8-21)11-12-1-3-18-4-2-12/h9-10,12,18H,1-8,11H2. The Morgan fingerprint density at radius 1 is 1.14 bits per heavy atom. The summed E-state index contributed by atoms with van der Waals surface area (Å²) in [5.41, 5.74) is 0. The molecule has 6 heteroatoms. The third kappa shape index (κ3) is 4.01. The Morgan fingerprint density at radius 3 is 2.52 bits per heavy atom. The van der Waals surface area contributed by atoms with E-state index in [-0.39, 0.29) is 0 Å². The molecule has 0 atom stereocenters. The number of nitrogens with one attached hydrogen (secondary N) is 1. The Kier molecular flexibility index (Phi) is 5.22. The highest BCUT2D eigenvalue weighted by atomic mass is 35.5. The lowest BCUT2D eigenvalue weighted by Crippen LogP contribution is -2.49. The zero-order chi connectivity index (χ0) is 14.7. The first-order valence-corrected chi connectivity index (χ1v) is 8.47. The van der Waals surface area contributed by atoms with E-state index in [1.165, 1.54) is 32.5 Å². The molecule has 3 rings (SSSR count). The van der Waals surface area contributed by atoms with Crippen LogP contribution < -0.4 is 10.2 Å². The molecular formula is C15H22Cl2N4. The molecule has 2 fully saturated rings. The van der Waals surface area contributed by atoms with Crippen molar-refractivity contribution in [1.29, 1.82) is 0 Å². The Hall–Kier alpha value is -0.550. The van der Waals surface area contributed by atoms with E-state index >= 15 is 0 Å². The molecule has 1 aromatic rings. The van der Waals surface area contributed by atoms with E-state index in [2.05, 4.69) is 20.1 Å². The lowest BCUT2D eigenvalue weighted by atomic mass is 9.97. The smallest absolute Gasteiger partial charge is 0.147 e. The summed E-state index contributed by atoms with van der Waals surface area (Å²) < 4.78 is 0. The van der Waals surface area contributed by atoms with Gasteiger partial charge in [0.25, 0.3) is 0 Å². The molecule has 3 heterocycles. The fourth-order valence-corrected chi connectivity index (χ4v) is 3.71. The molecule has 0 spiro atoms. The topological polar surface area (TPSA) is 31.4 Å². The van der Waals surface area contributed by atoms with Crippen LogP contribution >= 0.6 is 23.2 Å². The van der Waals surface area contributed by atoms with Crippen molar-refractivity contribution in [1.82, 2.24) is 15.2 Å². The van der Waals surface area contributed by atoms with Crippen LogP contribution in [0.2, 0.25) is 10.0 Å². The lowest BCUT2D eigenvalue weighted by molar-refractivity contribution is 0.196. The number of hydrogen-bond donors (Lipinski definition) is 1. The van der Waals surface area contributed by atoms with E-state index < -0.39 is 0 Å². The normalized spacial score (nSPS) is 21.7. The highest BCUT2D eigenvalue weighted by molar-refractivity contribution is 6.36. The maximum absolute atomic E-state index is 6.25. The number of aromatic nitrogens is 1. The van der Waals surface area contributed by atoms with Crippen LogP contribution in [0.1, 0.15) is 12.8 Å². The summed E-state index contributed by atoms with van der Waals surface area (Å²) in [6.45, 7) is 7.73. The SMILES string of the molecule is Clc1cnc(N2CCN(CC3CCNCC3)CC2)c(Cl)c1. The van der Waals surface area contributed by atoms with Gasteiger partial charge in [0.05, 0.1) is 10.0 Å². The van der Waals surface area contributed by atoms with Gasteiger partial charge in [-0.2, -0.15) is 0 Å². The van der Waals surface area contributed by atoms with Crippen molar-refractivity contribution >= 4 is 29.0 Å². The number of hydrogen-bond acceptors (Lipinski definition) is 4. The number of anilines is 1. The molecule has 1 N–H and O–H groups in total. The Morgan fingerprint density at radius 2 is 1.86 bits per heavy atom. The predicted molar refractivity (Wildman–Crippen MR) is 88.5 cm³/mol. The highest BCUT2D eigenvalue weighted by Gasteiger charge is 2.23. The molecule has 0 amide bonds. The van der Waals surface area contributed by atoms with Gasteiger partial charge in [0.15, 0.2) is 0 Å². The van der Waals surface area contributed by atoms with Gasteiger partial charge in [-0.25, -0.2) is 4.98 Å². The van der Waals surface area contributed by atoms with Crippen LogP contribution in [0.3, 0.4) is 0 Å². The van der Waals surface area contributed by atoms with Crippen LogP contribution in [0.15, 0.2) is 12.3 Å². The van der Waals surface area contributed by atoms with Crippen molar-refractivity contribution in [3.05, 3.63) is 22.3 Å². The number of nitrogens with zero attached hydrogens (tertiary/aromatic N) is 3. The van der Waals surface area contributed by atoms with Crippen LogP contribution in [0.4, 0.5) is 5.82 Å². The first-order chi connectivity index (χ1) is 10.2. The second-order valence-corrected chi connectivity index (χ2v) is 6.78. The molecule has 2 saturated heterocycles. The number of pyridine rings is 1. The largest absolute Gasteiger partial charge is 0.353 e. The number of halogens is 2. The molecule has 0 radical (unpaired) electrons. The number of rotatable bonds is 3. The van der Waals surface area contributed by atoms with Crippen LogP contribution in [0, 0.1) is 5.92 Å². The highest BCUT2D eigenvalue weighted by Crippen LogP contribution is 2.27. The minimum absolute atomic E-state index is 0.591. The fourth-order valence-electron chi connectivity index (χ4n) is 3.21. The van der Waals surface area contributed by atoms with E-state index in [9.17, 15) is 0 Å². The second-order valence-electron chi connectivity index (χ2n) is 5.94. The molecule has 1 aromatic heterocycles. The summed E-state index contributed by atoms with van der Waals surface area (Å²) in [5.74, 6) is 1.72. The molecule has 0 saturated carbocycles. The van der Waals surface area contributed by atoms with Gasteiger partial charge in [-0.15, -0.1) is 0 Å². The molecule has 0 unspecified atom stereocenters. The third-order valence-electron chi connectivity index (χ3n) is 4.44. The van der Waals surface area contributed by atoms with Gasteiger partial charge >= 0.3 is 0 Å². The van der Waals surface area contributed by atoms with Gasteiger partial charge in [-0.3, -0.25) is 4.90 Å². The van der Waals surface area contributed by atoms with Crippen LogP contribution in [-0.4, -0.2) is 55.7 Å². The predicted octanol–water partition coefficient (Wildman–Crippen LogP) is 2.51. The molecule has 4 nitrogen and oxygen atoms in total. The zero-order valence-electron chi connectivity index (χ0n) is 12.2. The monoisotopic (exact) mass is 328 g/mol. The van der Waals surface area contributed by atoms with E-state index in [0.29, 0.717) is 10.0 Å². The third-order valence-corrected chi connectivity index (χ3v) is 4.92. The first-order valence-electron chi connectivity index (χ1n) is 7.71. The summed E-state index contributed by atoms with van der Waals surface area (Å²) in [6.07, 6.45) is 4.29. The minimum Gasteiger partial charge on any atom is -0.353 e. The van der Waals surface area contributed by atoms with Crippen LogP contribution in [0.25, 0.3) is 0 Å². The van der Waals surface area contributed by atoms with Gasteiger partial charge < -0.3 is 10.2 Å². The van der Waals surface area contributed by atoms with Crippen molar-refractivity contribution in [3.8, 4) is 0 Å². The maximum Gasteiger partial charge on any atom is 0.147 e. The van der Waals surface area contributed by atoms with Crippen LogP contribution in [0.5, 0.6) is 0 Å². The van der Waals surface area contributed by atoms with Crippen molar-refractivity contribution in [2.75, 3.05) is 50.7 Å². The first kappa shape index (κ1) is 15.3. The lowest BCUT2D eigenvalue weighted by Gasteiger charge is -2.38. The Bertz CT molecular complexity index is 469. The van der Waals surface area contributed by atoms with Crippen molar-refractivity contribution in [2.24, 2.45) is 5.92 Å². The van der Waals surface area contributed by atoms with Gasteiger partial charge in [-0.05, 0) is 37.9 Å². The summed E-state index contributed by atoms with van der Waals surface area (Å²) in [4.78, 5) is 9.22. The van der Waals surface area contributed by atoms with Crippen LogP contribution in [-0.2, 0) is 0 Å². The van der Waals surface area contributed by atoms with E-state index in [1.807, 2.05) is 0 Å². The van der Waals surface area contributed by atoms with Crippen molar-refractivity contribution in [3.63, 3.8) is 0 Å². The molecular weight excluding hydrogens is 307 g/mol. The molecule has 0 aliphatic carbocycles. The molecule has 0 bridgehead atoms. The molecule has 2 aliphatic heterocycles. The van der Waals surface area contributed by atoms with Gasteiger partial charge in [0.1, 0.15) is 5.82 Å². The zero-order valence-corrected chi connectivity index (χ0v) is 13.7. The fraction of sp³-hybridized carbons (Fsp3) is 0.667. The van der Waals surface area contributed by atoms with Gasteiger partial charge in [-0.1, -0.05) is 23.2 Å². The summed E-state index contributed by atoms with van der Waals surface area (Å²) in [7, 11) is 0. The molecule has 0 aromatic carbocycles. The van der Waals surface area contributed by atoms with Crippen molar-refractivity contribution < 1.29 is 0 Å². The number of piperazine rings is 1. The summed E-state index contributed by atoms with van der Waals surface area (Å²) >= 11 is 12.2. The summed E-state index contributed by atoms with van der Waals surface area (Å²) in [6, 6.07) is 1.77. The Balaban J connectivity index is 1.52. The molecule has 21 heavy (non-hydrogen) atoms. The van der Waals surface area contributed by atoms with Gasteiger partial charge in [0, 0.05) is 38.9 Å².